The topological polar surface area (TPSA) is 76.7 Å². The summed E-state index contributed by atoms with van der Waals surface area (Å²) in [7, 11) is 0. The van der Waals surface area contributed by atoms with Gasteiger partial charge in [-0.2, -0.15) is 13.2 Å². The van der Waals surface area contributed by atoms with E-state index in [1.807, 2.05) is 30.3 Å². The van der Waals surface area contributed by atoms with Crippen molar-refractivity contribution in [1.82, 2.24) is 10.6 Å². The first-order chi connectivity index (χ1) is 12.3. The molecular weight excluding hydrogens is 353 g/mol. The van der Waals surface area contributed by atoms with Crippen LogP contribution in [0, 0.1) is 0 Å². The van der Waals surface area contributed by atoms with Crippen molar-refractivity contribution in [2.45, 2.75) is 38.6 Å². The first-order valence-corrected chi connectivity index (χ1v) is 8.14. The molecule has 0 aliphatic rings. The summed E-state index contributed by atoms with van der Waals surface area (Å²) in [5.74, 6) is -0.326. The minimum absolute atomic E-state index is 0.128. The van der Waals surface area contributed by atoms with Crippen molar-refractivity contribution in [1.29, 1.82) is 0 Å². The lowest BCUT2D eigenvalue weighted by molar-refractivity contribution is -0.175. The lowest BCUT2D eigenvalue weighted by Gasteiger charge is -2.15. The van der Waals surface area contributed by atoms with Gasteiger partial charge in [-0.1, -0.05) is 30.3 Å². The van der Waals surface area contributed by atoms with E-state index in [4.69, 9.17) is 4.74 Å². The number of ether oxygens (including phenoxy) is 2. The largest absolute Gasteiger partial charge is 0.445 e. The van der Waals surface area contributed by atoms with Crippen LogP contribution in [0.25, 0.3) is 0 Å². The Bertz CT molecular complexity index is 553. The molecule has 1 unspecified atom stereocenters. The molecule has 26 heavy (non-hydrogen) atoms. The van der Waals surface area contributed by atoms with Crippen LogP contribution >= 0.6 is 0 Å². The van der Waals surface area contributed by atoms with Crippen LogP contribution in [0.2, 0.25) is 0 Å². The van der Waals surface area contributed by atoms with Crippen LogP contribution in [0.15, 0.2) is 30.3 Å². The van der Waals surface area contributed by atoms with Crippen LogP contribution in [0.4, 0.5) is 18.0 Å². The number of carbonyl (C=O) groups is 2. The predicted octanol–water partition coefficient (Wildman–Crippen LogP) is 2.78. The highest BCUT2D eigenvalue weighted by Crippen LogP contribution is 2.14. The molecule has 0 bridgehead atoms. The Morgan fingerprint density at radius 1 is 1.19 bits per heavy atom. The molecule has 0 aliphatic heterocycles. The maximum atomic E-state index is 11.9. The van der Waals surface area contributed by atoms with Crippen LogP contribution in [-0.4, -0.2) is 44.0 Å². The SMILES string of the molecule is CC(COCC(F)(F)F)NC(=O)CCCNC(=O)OCc1ccccc1. The zero-order valence-corrected chi connectivity index (χ0v) is 14.5. The third-order valence-corrected chi connectivity index (χ3v) is 3.10. The molecule has 2 N–H and O–H groups in total. The van der Waals surface area contributed by atoms with E-state index in [0.717, 1.165) is 5.56 Å². The monoisotopic (exact) mass is 376 g/mol. The van der Waals surface area contributed by atoms with Crippen molar-refractivity contribution in [3.63, 3.8) is 0 Å². The number of halogens is 3. The minimum Gasteiger partial charge on any atom is -0.445 e. The van der Waals surface area contributed by atoms with Gasteiger partial charge in [-0.05, 0) is 18.9 Å². The maximum absolute atomic E-state index is 11.9. The predicted molar refractivity (Wildman–Crippen MR) is 88.3 cm³/mol. The second-order valence-electron chi connectivity index (χ2n) is 5.69. The van der Waals surface area contributed by atoms with Gasteiger partial charge in [-0.3, -0.25) is 4.79 Å². The van der Waals surface area contributed by atoms with Gasteiger partial charge in [0.25, 0.3) is 0 Å². The van der Waals surface area contributed by atoms with Crippen molar-refractivity contribution in [2.75, 3.05) is 19.8 Å². The van der Waals surface area contributed by atoms with Gasteiger partial charge in [0, 0.05) is 19.0 Å². The Morgan fingerprint density at radius 2 is 1.88 bits per heavy atom. The summed E-state index contributed by atoms with van der Waals surface area (Å²) >= 11 is 0. The van der Waals surface area contributed by atoms with Crippen LogP contribution in [0.5, 0.6) is 0 Å². The Balaban J connectivity index is 2.05. The van der Waals surface area contributed by atoms with Crippen molar-refractivity contribution in [3.05, 3.63) is 35.9 Å². The fourth-order valence-electron chi connectivity index (χ4n) is 1.95. The molecular formula is C17H23F3N2O4. The molecule has 1 aromatic rings. The number of amides is 2. The van der Waals surface area contributed by atoms with E-state index in [2.05, 4.69) is 15.4 Å². The van der Waals surface area contributed by atoms with Gasteiger partial charge < -0.3 is 20.1 Å². The molecule has 1 atom stereocenters. The third-order valence-electron chi connectivity index (χ3n) is 3.10. The Hall–Kier alpha value is -2.29. The summed E-state index contributed by atoms with van der Waals surface area (Å²) in [6.45, 7) is 0.383. The Kier molecular flexibility index (Phi) is 9.50. The smallest absolute Gasteiger partial charge is 0.411 e. The molecule has 146 valence electrons. The fraction of sp³-hybridized carbons (Fsp3) is 0.529. The molecule has 2 amide bonds. The Morgan fingerprint density at radius 3 is 2.54 bits per heavy atom. The summed E-state index contributed by atoms with van der Waals surface area (Å²) in [5, 5.41) is 5.05. The van der Waals surface area contributed by atoms with Crippen LogP contribution in [0.3, 0.4) is 0 Å². The Labute approximate surface area is 150 Å². The number of benzene rings is 1. The van der Waals surface area contributed by atoms with Gasteiger partial charge in [0.15, 0.2) is 0 Å². The van der Waals surface area contributed by atoms with E-state index in [1.165, 1.54) is 0 Å². The average molecular weight is 376 g/mol. The molecule has 6 nitrogen and oxygen atoms in total. The van der Waals surface area contributed by atoms with Gasteiger partial charge in [0.2, 0.25) is 5.91 Å². The van der Waals surface area contributed by atoms with Gasteiger partial charge in [-0.25, -0.2) is 4.79 Å². The maximum Gasteiger partial charge on any atom is 0.411 e. The minimum atomic E-state index is -4.38. The molecule has 0 spiro atoms. The van der Waals surface area contributed by atoms with E-state index >= 15 is 0 Å². The number of alkyl carbamates (subject to hydrolysis) is 1. The van der Waals surface area contributed by atoms with Crippen LogP contribution in [-0.2, 0) is 20.9 Å². The molecule has 9 heteroatoms. The average Bonchev–Trinajstić information content (AvgIpc) is 2.56. The van der Waals surface area contributed by atoms with E-state index in [-0.39, 0.29) is 32.1 Å². The molecule has 0 aromatic heterocycles. The normalized spacial score (nSPS) is 12.3. The highest BCUT2D eigenvalue weighted by Gasteiger charge is 2.27. The molecule has 0 radical (unpaired) electrons. The van der Waals surface area contributed by atoms with E-state index < -0.39 is 24.9 Å². The molecule has 0 aliphatic carbocycles. The van der Waals surface area contributed by atoms with Crippen molar-refractivity contribution in [3.8, 4) is 0 Å². The molecule has 0 fully saturated rings. The lowest BCUT2D eigenvalue weighted by Crippen LogP contribution is -2.37. The number of alkyl halides is 3. The number of nitrogens with one attached hydrogen (secondary N) is 2. The summed E-state index contributed by atoms with van der Waals surface area (Å²) in [6, 6.07) is 8.66. The number of hydrogen-bond donors (Lipinski definition) is 2. The van der Waals surface area contributed by atoms with Gasteiger partial charge >= 0.3 is 12.3 Å². The molecule has 1 rings (SSSR count). The number of carbonyl (C=O) groups excluding carboxylic acids is 2. The van der Waals surface area contributed by atoms with Crippen LogP contribution < -0.4 is 10.6 Å². The van der Waals surface area contributed by atoms with Crippen LogP contribution in [0.1, 0.15) is 25.3 Å². The second kappa shape index (κ2) is 11.3. The molecule has 0 heterocycles. The highest BCUT2D eigenvalue weighted by atomic mass is 19.4. The van der Waals surface area contributed by atoms with E-state index in [0.29, 0.717) is 6.42 Å². The van der Waals surface area contributed by atoms with Crippen molar-refractivity contribution < 1.29 is 32.2 Å². The van der Waals surface area contributed by atoms with E-state index in [1.54, 1.807) is 6.92 Å². The second-order valence-corrected chi connectivity index (χ2v) is 5.69. The highest BCUT2D eigenvalue weighted by molar-refractivity contribution is 5.76. The number of rotatable bonds is 10. The molecule has 0 saturated carbocycles. The molecule has 0 saturated heterocycles. The van der Waals surface area contributed by atoms with E-state index in [9.17, 15) is 22.8 Å². The summed E-state index contributed by atoms with van der Waals surface area (Å²) in [6.07, 6.45) is -4.46. The van der Waals surface area contributed by atoms with Crippen molar-refractivity contribution >= 4 is 12.0 Å². The number of hydrogen-bond acceptors (Lipinski definition) is 4. The zero-order chi connectivity index (χ0) is 19.4. The quantitative estimate of drug-likeness (QED) is 0.616. The zero-order valence-electron chi connectivity index (χ0n) is 14.5. The first-order valence-electron chi connectivity index (χ1n) is 8.14. The fourth-order valence-corrected chi connectivity index (χ4v) is 1.95. The van der Waals surface area contributed by atoms with Gasteiger partial charge in [-0.15, -0.1) is 0 Å². The summed E-state index contributed by atoms with van der Waals surface area (Å²) in [4.78, 5) is 23.1. The lowest BCUT2D eigenvalue weighted by atomic mass is 10.2. The first kappa shape index (κ1) is 21.8. The van der Waals surface area contributed by atoms with Gasteiger partial charge in [0.1, 0.15) is 13.2 Å². The summed E-state index contributed by atoms with van der Waals surface area (Å²) < 4.78 is 45.3. The summed E-state index contributed by atoms with van der Waals surface area (Å²) in [5.41, 5.74) is 0.865. The van der Waals surface area contributed by atoms with Gasteiger partial charge in [0.05, 0.1) is 6.61 Å². The third kappa shape index (κ3) is 11.3. The molecule has 1 aromatic carbocycles. The standard InChI is InChI=1S/C17H23F3N2O4/c1-13(10-25-12-17(18,19)20)22-15(23)8-5-9-21-16(24)26-11-14-6-3-2-4-7-14/h2-4,6-7,13H,5,8-12H2,1H3,(H,21,24)(H,22,23). The van der Waals surface area contributed by atoms with Crippen molar-refractivity contribution in [2.24, 2.45) is 0 Å².